The van der Waals surface area contributed by atoms with Gasteiger partial charge in [-0.2, -0.15) is 0 Å². The first-order chi connectivity index (χ1) is 7.66. The monoisotopic (exact) mass is 237 g/mol. The number of hydrogen-bond acceptors (Lipinski definition) is 3. The molecule has 1 N–H and O–H groups in total. The Balaban J connectivity index is 2.36. The number of rotatable bonds is 3. The van der Waals surface area contributed by atoms with Crippen LogP contribution in [0.4, 0.5) is 0 Å². The van der Waals surface area contributed by atoms with Crippen LogP contribution in [0.1, 0.15) is 0 Å². The van der Waals surface area contributed by atoms with E-state index < -0.39 is 5.97 Å². The number of halogens is 1. The molecule has 82 valence electrons. The topological polar surface area (TPSA) is 68.0 Å². The third-order valence-corrected chi connectivity index (χ3v) is 2.28. The second kappa shape index (κ2) is 4.32. The third-order valence-electron chi connectivity index (χ3n) is 2.02. The van der Waals surface area contributed by atoms with Crippen molar-refractivity contribution < 1.29 is 9.90 Å². The molecule has 2 rings (SSSR count). The molecule has 1 aromatic carbocycles. The molecule has 0 unspecified atom stereocenters. The second-order valence-electron chi connectivity index (χ2n) is 3.18. The van der Waals surface area contributed by atoms with Crippen LogP contribution in [0.15, 0.2) is 30.6 Å². The molecule has 0 spiro atoms. The summed E-state index contributed by atoms with van der Waals surface area (Å²) in [5, 5.41) is 16.9. The van der Waals surface area contributed by atoms with Gasteiger partial charge in [0.1, 0.15) is 12.9 Å². The summed E-state index contributed by atoms with van der Waals surface area (Å²) in [7, 11) is 0. The summed E-state index contributed by atoms with van der Waals surface area (Å²) >= 11 is 5.76. The van der Waals surface area contributed by atoms with Gasteiger partial charge in [-0.3, -0.25) is 4.79 Å². The molecule has 16 heavy (non-hydrogen) atoms. The average Bonchev–Trinajstić information content (AvgIpc) is 2.66. The average molecular weight is 238 g/mol. The summed E-state index contributed by atoms with van der Waals surface area (Å²) in [4.78, 5) is 10.6. The van der Waals surface area contributed by atoms with E-state index in [-0.39, 0.29) is 6.54 Å². The van der Waals surface area contributed by atoms with E-state index in [9.17, 15) is 4.79 Å². The van der Waals surface area contributed by atoms with Crippen molar-refractivity contribution in [2.24, 2.45) is 0 Å². The molecule has 1 aromatic heterocycles. The van der Waals surface area contributed by atoms with E-state index in [0.717, 1.165) is 5.56 Å². The summed E-state index contributed by atoms with van der Waals surface area (Å²) in [6.07, 6.45) is 1.39. The minimum absolute atomic E-state index is 0.162. The van der Waals surface area contributed by atoms with Crippen molar-refractivity contribution in [1.29, 1.82) is 0 Å². The normalized spacial score (nSPS) is 10.3. The Kier molecular flexibility index (Phi) is 2.87. The number of hydrogen-bond donors (Lipinski definition) is 1. The first-order valence-electron chi connectivity index (χ1n) is 4.52. The molecule has 0 aliphatic carbocycles. The van der Waals surface area contributed by atoms with E-state index in [1.807, 2.05) is 0 Å². The number of carboxylic acid groups (broad SMARTS) is 1. The van der Waals surface area contributed by atoms with Crippen molar-refractivity contribution in [3.05, 3.63) is 35.6 Å². The van der Waals surface area contributed by atoms with Crippen LogP contribution in [-0.2, 0) is 11.3 Å². The zero-order valence-electron chi connectivity index (χ0n) is 8.17. The van der Waals surface area contributed by atoms with E-state index in [1.165, 1.54) is 10.9 Å². The first kappa shape index (κ1) is 10.6. The Morgan fingerprint density at radius 2 is 2.06 bits per heavy atom. The van der Waals surface area contributed by atoms with Crippen molar-refractivity contribution in [2.45, 2.75) is 6.54 Å². The molecule has 5 nitrogen and oxygen atoms in total. The Bertz CT molecular complexity index is 507. The fourth-order valence-electron chi connectivity index (χ4n) is 1.34. The quantitative estimate of drug-likeness (QED) is 0.882. The van der Waals surface area contributed by atoms with E-state index >= 15 is 0 Å². The van der Waals surface area contributed by atoms with Gasteiger partial charge in [-0.05, 0) is 24.3 Å². The molecule has 0 fully saturated rings. The highest BCUT2D eigenvalue weighted by Gasteiger charge is 2.09. The van der Waals surface area contributed by atoms with Crippen LogP contribution in [0, 0.1) is 0 Å². The Hall–Kier alpha value is -1.88. The lowest BCUT2D eigenvalue weighted by Gasteiger charge is -2.03. The molecule has 0 aliphatic rings. The van der Waals surface area contributed by atoms with Gasteiger partial charge in [-0.1, -0.05) is 11.6 Å². The maximum absolute atomic E-state index is 10.6. The number of carboxylic acids is 1. The third kappa shape index (κ3) is 2.20. The maximum atomic E-state index is 10.6. The van der Waals surface area contributed by atoms with Crippen molar-refractivity contribution in [1.82, 2.24) is 14.8 Å². The molecule has 0 aliphatic heterocycles. The maximum Gasteiger partial charge on any atom is 0.323 e. The van der Waals surface area contributed by atoms with Crippen LogP contribution in [0.25, 0.3) is 11.4 Å². The molecule has 0 saturated carbocycles. The van der Waals surface area contributed by atoms with Gasteiger partial charge >= 0.3 is 5.97 Å². The van der Waals surface area contributed by atoms with Crippen molar-refractivity contribution >= 4 is 17.6 Å². The lowest BCUT2D eigenvalue weighted by atomic mass is 10.2. The molecule has 6 heteroatoms. The number of benzene rings is 1. The van der Waals surface area contributed by atoms with Crippen molar-refractivity contribution in [2.75, 3.05) is 0 Å². The summed E-state index contributed by atoms with van der Waals surface area (Å²) in [5.74, 6) is -0.422. The van der Waals surface area contributed by atoms with Crippen LogP contribution >= 0.6 is 11.6 Å². The highest BCUT2D eigenvalue weighted by molar-refractivity contribution is 6.30. The molecule has 0 saturated heterocycles. The lowest BCUT2D eigenvalue weighted by Crippen LogP contribution is -2.09. The van der Waals surface area contributed by atoms with Gasteiger partial charge in [0, 0.05) is 10.6 Å². The standard InChI is InChI=1S/C10H8ClN3O2/c11-8-3-1-7(2-4-8)10-13-12-6-14(10)5-9(15)16/h1-4,6H,5H2,(H,15,16). The van der Waals surface area contributed by atoms with Crippen molar-refractivity contribution in [3.8, 4) is 11.4 Å². The first-order valence-corrected chi connectivity index (χ1v) is 4.90. The number of aliphatic carboxylic acids is 1. The van der Waals surface area contributed by atoms with Crippen LogP contribution in [0.2, 0.25) is 5.02 Å². The number of aromatic nitrogens is 3. The highest BCUT2D eigenvalue weighted by Crippen LogP contribution is 2.19. The van der Waals surface area contributed by atoms with Crippen molar-refractivity contribution in [3.63, 3.8) is 0 Å². The minimum atomic E-state index is -0.935. The molecule has 0 radical (unpaired) electrons. The Morgan fingerprint density at radius 3 is 2.69 bits per heavy atom. The zero-order chi connectivity index (χ0) is 11.5. The van der Waals surface area contributed by atoms with Gasteiger partial charge < -0.3 is 9.67 Å². The molecule has 0 amide bonds. The summed E-state index contributed by atoms with van der Waals surface area (Å²) < 4.78 is 1.46. The molecule has 2 aromatic rings. The summed E-state index contributed by atoms with van der Waals surface area (Å²) in [6.45, 7) is -0.162. The predicted octanol–water partition coefficient (Wildman–Crippen LogP) is 1.68. The van der Waals surface area contributed by atoms with Gasteiger partial charge in [-0.25, -0.2) is 0 Å². The van der Waals surface area contributed by atoms with Gasteiger partial charge in [0.2, 0.25) is 0 Å². The van der Waals surface area contributed by atoms with E-state index in [0.29, 0.717) is 10.8 Å². The van der Waals surface area contributed by atoms with Gasteiger partial charge in [0.15, 0.2) is 5.82 Å². The predicted molar refractivity (Wildman–Crippen MR) is 58.1 cm³/mol. The fourth-order valence-corrected chi connectivity index (χ4v) is 1.46. The van der Waals surface area contributed by atoms with Gasteiger partial charge in [0.05, 0.1) is 0 Å². The van der Waals surface area contributed by atoms with Gasteiger partial charge in [0.25, 0.3) is 0 Å². The lowest BCUT2D eigenvalue weighted by molar-refractivity contribution is -0.137. The van der Waals surface area contributed by atoms with Crippen LogP contribution in [0.3, 0.4) is 0 Å². The largest absolute Gasteiger partial charge is 0.480 e. The second-order valence-corrected chi connectivity index (χ2v) is 3.62. The van der Waals surface area contributed by atoms with E-state index in [1.54, 1.807) is 24.3 Å². The fraction of sp³-hybridized carbons (Fsp3) is 0.100. The smallest absolute Gasteiger partial charge is 0.323 e. The van der Waals surface area contributed by atoms with Crippen LogP contribution in [-0.4, -0.2) is 25.8 Å². The molecule has 0 bridgehead atoms. The molecule has 0 atom stereocenters. The molecular weight excluding hydrogens is 230 g/mol. The molecule has 1 heterocycles. The minimum Gasteiger partial charge on any atom is -0.480 e. The van der Waals surface area contributed by atoms with Gasteiger partial charge in [-0.15, -0.1) is 10.2 Å². The summed E-state index contributed by atoms with van der Waals surface area (Å²) in [6, 6.07) is 6.97. The molecular formula is C10H8ClN3O2. The SMILES string of the molecule is O=C(O)Cn1cnnc1-c1ccc(Cl)cc1. The number of carbonyl (C=O) groups is 1. The summed E-state index contributed by atoms with van der Waals surface area (Å²) in [5.41, 5.74) is 0.781. The van der Waals surface area contributed by atoms with E-state index in [2.05, 4.69) is 10.2 Å². The van der Waals surface area contributed by atoms with Crippen LogP contribution < -0.4 is 0 Å². The number of nitrogens with zero attached hydrogens (tertiary/aromatic N) is 3. The van der Waals surface area contributed by atoms with E-state index in [4.69, 9.17) is 16.7 Å². The zero-order valence-corrected chi connectivity index (χ0v) is 8.92. The Morgan fingerprint density at radius 1 is 1.38 bits per heavy atom. The van der Waals surface area contributed by atoms with Crippen LogP contribution in [0.5, 0.6) is 0 Å². The Labute approximate surface area is 96.3 Å². The highest BCUT2D eigenvalue weighted by atomic mass is 35.5.